The van der Waals surface area contributed by atoms with Crippen LogP contribution in [0.1, 0.15) is 29.5 Å². The fourth-order valence-electron chi connectivity index (χ4n) is 2.72. The molecule has 3 rings (SSSR count). The second-order valence-electron chi connectivity index (χ2n) is 6.31. The Morgan fingerprint density at radius 1 is 1.04 bits per heavy atom. The van der Waals surface area contributed by atoms with E-state index in [4.69, 9.17) is 0 Å². The zero-order chi connectivity index (χ0) is 16.3. The average molecular weight is 312 g/mol. The molecule has 0 unspecified atom stereocenters. The van der Waals surface area contributed by atoms with E-state index in [1.165, 1.54) is 17.7 Å². The minimum Gasteiger partial charge on any atom is -0.337 e. The number of halogens is 1. The molecule has 1 aliphatic carbocycles. The smallest absolute Gasteiger partial charge is 0.315 e. The molecule has 0 heterocycles. The predicted octanol–water partition coefficient (Wildman–Crippen LogP) is 3.67. The number of benzene rings is 2. The van der Waals surface area contributed by atoms with Crippen molar-refractivity contribution in [3.8, 4) is 0 Å². The lowest BCUT2D eigenvalue weighted by Gasteiger charge is -2.17. The molecule has 0 radical (unpaired) electrons. The Hall–Kier alpha value is -2.36. The maximum Gasteiger partial charge on any atom is 0.315 e. The summed E-state index contributed by atoms with van der Waals surface area (Å²) in [6, 6.07) is 14.5. The monoisotopic (exact) mass is 312 g/mol. The highest BCUT2D eigenvalue weighted by Crippen LogP contribution is 2.47. The Labute approximate surface area is 135 Å². The van der Waals surface area contributed by atoms with Gasteiger partial charge in [0.15, 0.2) is 0 Å². The molecule has 0 aliphatic heterocycles. The lowest BCUT2D eigenvalue weighted by molar-refractivity contribution is 0.239. The standard InChI is InChI=1S/C19H21FN2O/c1-14-2-4-15(5-3-14)12-21-18(23)22-13-19(10-11-19)16-6-8-17(20)9-7-16/h2-9H,10-13H2,1H3,(H2,21,22,23). The first-order chi connectivity index (χ1) is 11.1. The Kier molecular flexibility index (Phi) is 4.33. The van der Waals surface area contributed by atoms with E-state index >= 15 is 0 Å². The normalized spacial score (nSPS) is 15.0. The van der Waals surface area contributed by atoms with Gasteiger partial charge in [-0.25, -0.2) is 9.18 Å². The van der Waals surface area contributed by atoms with Crippen LogP contribution in [0, 0.1) is 12.7 Å². The average Bonchev–Trinajstić information content (AvgIpc) is 3.34. The Balaban J connectivity index is 1.49. The SMILES string of the molecule is Cc1ccc(CNC(=O)NCC2(c3ccc(F)cc3)CC2)cc1. The molecule has 0 atom stereocenters. The van der Waals surface area contributed by atoms with Gasteiger partial charge in [0.05, 0.1) is 0 Å². The Morgan fingerprint density at radius 3 is 2.30 bits per heavy atom. The highest BCUT2D eigenvalue weighted by molar-refractivity contribution is 5.74. The van der Waals surface area contributed by atoms with Crippen LogP contribution in [0.15, 0.2) is 48.5 Å². The molecule has 4 heteroatoms. The first kappa shape index (κ1) is 15.5. The summed E-state index contributed by atoms with van der Waals surface area (Å²) in [5, 5.41) is 5.81. The summed E-state index contributed by atoms with van der Waals surface area (Å²) in [7, 11) is 0. The molecule has 2 aromatic rings. The molecule has 23 heavy (non-hydrogen) atoms. The van der Waals surface area contributed by atoms with E-state index in [0.717, 1.165) is 24.0 Å². The number of hydrogen-bond acceptors (Lipinski definition) is 1. The van der Waals surface area contributed by atoms with Crippen molar-refractivity contribution >= 4 is 6.03 Å². The maximum absolute atomic E-state index is 13.0. The van der Waals surface area contributed by atoms with Crippen molar-refractivity contribution in [2.24, 2.45) is 0 Å². The minimum absolute atomic E-state index is 0.0189. The molecule has 0 saturated heterocycles. The van der Waals surface area contributed by atoms with Gasteiger partial charge in [0.25, 0.3) is 0 Å². The first-order valence-corrected chi connectivity index (χ1v) is 7.91. The molecule has 1 saturated carbocycles. The van der Waals surface area contributed by atoms with Crippen LogP contribution in [0.2, 0.25) is 0 Å². The van der Waals surface area contributed by atoms with E-state index in [-0.39, 0.29) is 17.3 Å². The molecule has 0 spiro atoms. The number of nitrogens with one attached hydrogen (secondary N) is 2. The first-order valence-electron chi connectivity index (χ1n) is 7.91. The summed E-state index contributed by atoms with van der Waals surface area (Å²) in [5.74, 6) is -0.228. The largest absolute Gasteiger partial charge is 0.337 e. The van der Waals surface area contributed by atoms with Gasteiger partial charge < -0.3 is 10.6 Å². The van der Waals surface area contributed by atoms with Crippen LogP contribution in [0.4, 0.5) is 9.18 Å². The van der Waals surface area contributed by atoms with Crippen molar-refractivity contribution < 1.29 is 9.18 Å². The molecule has 2 amide bonds. The lowest BCUT2D eigenvalue weighted by Crippen LogP contribution is -2.39. The third kappa shape index (κ3) is 3.89. The number of rotatable bonds is 5. The molecule has 2 aromatic carbocycles. The minimum atomic E-state index is -0.228. The van der Waals surface area contributed by atoms with Gasteiger partial charge >= 0.3 is 6.03 Å². The zero-order valence-corrected chi connectivity index (χ0v) is 13.2. The number of aryl methyl sites for hydroxylation is 1. The summed E-state index contributed by atoms with van der Waals surface area (Å²) < 4.78 is 13.0. The topological polar surface area (TPSA) is 41.1 Å². The van der Waals surface area contributed by atoms with E-state index in [1.54, 1.807) is 0 Å². The van der Waals surface area contributed by atoms with Gasteiger partial charge in [-0.05, 0) is 43.0 Å². The van der Waals surface area contributed by atoms with E-state index < -0.39 is 0 Å². The van der Waals surface area contributed by atoms with E-state index in [9.17, 15) is 9.18 Å². The van der Waals surface area contributed by atoms with Crippen LogP contribution in [0.3, 0.4) is 0 Å². The molecule has 120 valence electrons. The maximum atomic E-state index is 13.0. The van der Waals surface area contributed by atoms with E-state index in [0.29, 0.717) is 13.1 Å². The molecular formula is C19H21FN2O. The second kappa shape index (κ2) is 6.41. The molecule has 0 bridgehead atoms. The zero-order valence-electron chi connectivity index (χ0n) is 13.2. The predicted molar refractivity (Wildman–Crippen MR) is 88.7 cm³/mol. The number of urea groups is 1. The number of carbonyl (C=O) groups excluding carboxylic acids is 1. The fraction of sp³-hybridized carbons (Fsp3) is 0.316. The Morgan fingerprint density at radius 2 is 1.70 bits per heavy atom. The second-order valence-corrected chi connectivity index (χ2v) is 6.31. The van der Waals surface area contributed by atoms with Gasteiger partial charge in [-0.15, -0.1) is 0 Å². The van der Waals surface area contributed by atoms with Crippen molar-refractivity contribution in [1.82, 2.24) is 10.6 Å². The number of carbonyl (C=O) groups is 1. The van der Waals surface area contributed by atoms with Crippen molar-refractivity contribution in [1.29, 1.82) is 0 Å². The van der Waals surface area contributed by atoms with Gasteiger partial charge in [-0.3, -0.25) is 0 Å². The molecule has 0 aromatic heterocycles. The van der Waals surface area contributed by atoms with Crippen molar-refractivity contribution in [3.05, 3.63) is 71.0 Å². The fourth-order valence-corrected chi connectivity index (χ4v) is 2.72. The van der Waals surface area contributed by atoms with Crippen LogP contribution >= 0.6 is 0 Å². The lowest BCUT2D eigenvalue weighted by atomic mass is 9.96. The van der Waals surface area contributed by atoms with Gasteiger partial charge in [-0.1, -0.05) is 42.0 Å². The van der Waals surface area contributed by atoms with Crippen LogP contribution in [-0.2, 0) is 12.0 Å². The highest BCUT2D eigenvalue weighted by atomic mass is 19.1. The third-order valence-corrected chi connectivity index (χ3v) is 4.47. The van der Waals surface area contributed by atoms with Crippen LogP contribution < -0.4 is 10.6 Å². The number of amides is 2. The van der Waals surface area contributed by atoms with Crippen molar-refractivity contribution in [2.75, 3.05) is 6.54 Å². The van der Waals surface area contributed by atoms with Crippen molar-refractivity contribution in [2.45, 2.75) is 31.7 Å². The summed E-state index contributed by atoms with van der Waals surface area (Å²) in [5.41, 5.74) is 3.35. The van der Waals surface area contributed by atoms with Gasteiger partial charge in [0.1, 0.15) is 5.82 Å². The highest BCUT2D eigenvalue weighted by Gasteiger charge is 2.44. The molecule has 1 aliphatic rings. The van der Waals surface area contributed by atoms with Gasteiger partial charge in [0.2, 0.25) is 0 Å². The number of hydrogen-bond donors (Lipinski definition) is 2. The van der Waals surface area contributed by atoms with Gasteiger partial charge in [-0.2, -0.15) is 0 Å². The van der Waals surface area contributed by atoms with Crippen LogP contribution in [0.5, 0.6) is 0 Å². The quantitative estimate of drug-likeness (QED) is 0.869. The summed E-state index contributed by atoms with van der Waals surface area (Å²) in [6.07, 6.45) is 2.05. The van der Waals surface area contributed by atoms with Crippen LogP contribution in [0.25, 0.3) is 0 Å². The summed E-state index contributed by atoms with van der Waals surface area (Å²) in [4.78, 5) is 12.0. The molecule has 1 fully saturated rings. The molecule has 2 N–H and O–H groups in total. The van der Waals surface area contributed by atoms with Crippen LogP contribution in [-0.4, -0.2) is 12.6 Å². The molecule has 3 nitrogen and oxygen atoms in total. The van der Waals surface area contributed by atoms with E-state index in [1.807, 2.05) is 43.3 Å². The molecular weight excluding hydrogens is 291 g/mol. The van der Waals surface area contributed by atoms with Crippen molar-refractivity contribution in [3.63, 3.8) is 0 Å². The summed E-state index contributed by atoms with van der Waals surface area (Å²) >= 11 is 0. The Bertz CT molecular complexity index is 676. The van der Waals surface area contributed by atoms with E-state index in [2.05, 4.69) is 10.6 Å². The third-order valence-electron chi connectivity index (χ3n) is 4.47. The van der Waals surface area contributed by atoms with Gasteiger partial charge in [0, 0.05) is 18.5 Å². The summed E-state index contributed by atoms with van der Waals surface area (Å²) in [6.45, 7) is 3.13.